The van der Waals surface area contributed by atoms with E-state index in [1.165, 1.54) is 64.2 Å². The molecule has 0 nitrogen and oxygen atoms in total. The minimum atomic E-state index is 0.568. The number of rotatable bonds is 13. The first-order chi connectivity index (χ1) is 9.78. The van der Waals surface area contributed by atoms with E-state index in [4.69, 9.17) is 0 Å². The van der Waals surface area contributed by atoms with Gasteiger partial charge in [-0.25, -0.2) is 0 Å². The molecular formula is C21H44. The second-order valence-electron chi connectivity index (χ2n) is 8.75. The van der Waals surface area contributed by atoms with Crippen molar-refractivity contribution in [2.45, 2.75) is 113 Å². The normalized spacial score (nSPS) is 15.4. The van der Waals surface area contributed by atoms with Crippen LogP contribution in [0.1, 0.15) is 113 Å². The summed E-state index contributed by atoms with van der Waals surface area (Å²) in [5.41, 5.74) is 0.568. The fourth-order valence-electron chi connectivity index (χ4n) is 3.02. The van der Waals surface area contributed by atoms with Crippen molar-refractivity contribution in [3.05, 3.63) is 0 Å². The molecule has 2 atom stereocenters. The molecule has 0 N–H and O–H groups in total. The summed E-state index contributed by atoms with van der Waals surface area (Å²) in [7, 11) is 0. The zero-order valence-electron chi connectivity index (χ0n) is 16.3. The first-order valence-electron chi connectivity index (χ1n) is 9.78. The van der Waals surface area contributed by atoms with E-state index in [2.05, 4.69) is 48.5 Å². The Morgan fingerprint density at radius 3 is 1.71 bits per heavy atom. The van der Waals surface area contributed by atoms with Gasteiger partial charge in [0.25, 0.3) is 0 Å². The van der Waals surface area contributed by atoms with E-state index in [0.717, 1.165) is 17.8 Å². The molecule has 0 aliphatic rings. The Labute approximate surface area is 136 Å². The highest BCUT2D eigenvalue weighted by Gasteiger charge is 2.14. The molecular weight excluding hydrogens is 252 g/mol. The highest BCUT2D eigenvalue weighted by atomic mass is 14.2. The zero-order chi connectivity index (χ0) is 16.3. The topological polar surface area (TPSA) is 0 Å². The van der Waals surface area contributed by atoms with E-state index in [-0.39, 0.29) is 0 Å². The molecule has 0 rings (SSSR count). The fraction of sp³-hybridized carbons (Fsp3) is 1.00. The first-order valence-corrected chi connectivity index (χ1v) is 9.78. The lowest BCUT2D eigenvalue weighted by Crippen LogP contribution is -2.09. The van der Waals surface area contributed by atoms with Crippen LogP contribution in [-0.4, -0.2) is 0 Å². The van der Waals surface area contributed by atoms with Gasteiger partial charge in [0.05, 0.1) is 0 Å². The SMILES string of the molecule is CCC(C)(C)CCCCCC[C@@H](C)[C@@H](C)CCCC(C)C. The van der Waals surface area contributed by atoms with Crippen molar-refractivity contribution in [2.75, 3.05) is 0 Å². The van der Waals surface area contributed by atoms with Crippen LogP contribution in [-0.2, 0) is 0 Å². The second-order valence-corrected chi connectivity index (χ2v) is 8.75. The van der Waals surface area contributed by atoms with Gasteiger partial charge in [-0.3, -0.25) is 0 Å². The van der Waals surface area contributed by atoms with Crippen LogP contribution in [0.3, 0.4) is 0 Å². The summed E-state index contributed by atoms with van der Waals surface area (Å²) in [6, 6.07) is 0. The quantitative estimate of drug-likeness (QED) is 0.303. The molecule has 0 aromatic carbocycles. The molecule has 0 aliphatic heterocycles. The number of hydrogen-bond donors (Lipinski definition) is 0. The molecule has 0 spiro atoms. The van der Waals surface area contributed by atoms with E-state index >= 15 is 0 Å². The minimum absolute atomic E-state index is 0.568. The summed E-state index contributed by atoms with van der Waals surface area (Å²) in [4.78, 5) is 0. The van der Waals surface area contributed by atoms with Crippen LogP contribution in [0.4, 0.5) is 0 Å². The van der Waals surface area contributed by atoms with Gasteiger partial charge in [-0.15, -0.1) is 0 Å². The average molecular weight is 297 g/mol. The van der Waals surface area contributed by atoms with Crippen LogP contribution in [0.2, 0.25) is 0 Å². The highest BCUT2D eigenvalue weighted by Crippen LogP contribution is 2.28. The molecule has 0 aromatic rings. The van der Waals surface area contributed by atoms with Gasteiger partial charge < -0.3 is 0 Å². The molecule has 0 heterocycles. The standard InChI is InChI=1S/C21H44/c1-8-21(6,7)17-12-10-9-11-15-19(4)20(5)16-13-14-18(2)3/h18-20H,8-17H2,1-7H3/t19-,20+/m1/s1. The summed E-state index contributed by atoms with van der Waals surface area (Å²) in [5, 5.41) is 0. The van der Waals surface area contributed by atoms with Gasteiger partial charge in [-0.2, -0.15) is 0 Å². The van der Waals surface area contributed by atoms with Crippen LogP contribution in [0, 0.1) is 23.2 Å². The van der Waals surface area contributed by atoms with Crippen molar-refractivity contribution < 1.29 is 0 Å². The lowest BCUT2D eigenvalue weighted by atomic mass is 9.84. The van der Waals surface area contributed by atoms with Crippen molar-refractivity contribution in [1.29, 1.82) is 0 Å². The second kappa shape index (κ2) is 11.6. The van der Waals surface area contributed by atoms with Crippen LogP contribution in [0.15, 0.2) is 0 Å². The van der Waals surface area contributed by atoms with E-state index in [9.17, 15) is 0 Å². The first kappa shape index (κ1) is 21.0. The molecule has 0 saturated carbocycles. The molecule has 0 saturated heterocycles. The predicted octanol–water partition coefficient (Wildman–Crippen LogP) is 7.86. The summed E-state index contributed by atoms with van der Waals surface area (Å²) < 4.78 is 0. The lowest BCUT2D eigenvalue weighted by molar-refractivity contribution is 0.299. The molecule has 0 bridgehead atoms. The van der Waals surface area contributed by atoms with Gasteiger partial charge >= 0.3 is 0 Å². The van der Waals surface area contributed by atoms with Crippen LogP contribution >= 0.6 is 0 Å². The van der Waals surface area contributed by atoms with Crippen molar-refractivity contribution in [3.63, 3.8) is 0 Å². The summed E-state index contributed by atoms with van der Waals surface area (Å²) in [5.74, 6) is 2.71. The monoisotopic (exact) mass is 296 g/mol. The molecule has 0 aliphatic carbocycles. The summed E-state index contributed by atoms with van der Waals surface area (Å²) in [6.07, 6.45) is 14.2. The van der Waals surface area contributed by atoms with E-state index < -0.39 is 0 Å². The van der Waals surface area contributed by atoms with Crippen LogP contribution in [0.5, 0.6) is 0 Å². The third kappa shape index (κ3) is 12.2. The van der Waals surface area contributed by atoms with Crippen LogP contribution in [0.25, 0.3) is 0 Å². The van der Waals surface area contributed by atoms with Gasteiger partial charge in [0.2, 0.25) is 0 Å². The Hall–Kier alpha value is 0. The Kier molecular flexibility index (Phi) is 11.6. The predicted molar refractivity (Wildman–Crippen MR) is 98.8 cm³/mol. The molecule has 21 heavy (non-hydrogen) atoms. The average Bonchev–Trinajstić information content (AvgIpc) is 2.41. The number of hydrogen-bond acceptors (Lipinski definition) is 0. The minimum Gasteiger partial charge on any atom is -0.0649 e. The molecule has 0 radical (unpaired) electrons. The summed E-state index contributed by atoms with van der Waals surface area (Å²) >= 11 is 0. The highest BCUT2D eigenvalue weighted by molar-refractivity contribution is 4.67. The lowest BCUT2D eigenvalue weighted by Gasteiger charge is -2.22. The molecule has 0 unspecified atom stereocenters. The smallest absolute Gasteiger partial charge is 0.0357 e. The Morgan fingerprint density at radius 2 is 1.19 bits per heavy atom. The van der Waals surface area contributed by atoms with Crippen molar-refractivity contribution in [1.82, 2.24) is 0 Å². The molecule has 0 heteroatoms. The maximum Gasteiger partial charge on any atom is -0.0357 e. The zero-order valence-corrected chi connectivity index (χ0v) is 16.3. The van der Waals surface area contributed by atoms with Crippen LogP contribution < -0.4 is 0 Å². The molecule has 0 aromatic heterocycles. The third-order valence-corrected chi connectivity index (χ3v) is 5.63. The Bertz CT molecular complexity index is 226. The molecule has 0 fully saturated rings. The maximum atomic E-state index is 2.47. The third-order valence-electron chi connectivity index (χ3n) is 5.63. The van der Waals surface area contributed by atoms with Crippen molar-refractivity contribution in [3.8, 4) is 0 Å². The molecule has 128 valence electrons. The van der Waals surface area contributed by atoms with Gasteiger partial charge in [0.1, 0.15) is 0 Å². The van der Waals surface area contributed by atoms with Gasteiger partial charge in [0, 0.05) is 0 Å². The van der Waals surface area contributed by atoms with Gasteiger partial charge in [0.15, 0.2) is 0 Å². The summed E-state index contributed by atoms with van der Waals surface area (Å²) in [6.45, 7) is 16.8. The largest absolute Gasteiger partial charge is 0.0649 e. The Morgan fingerprint density at radius 1 is 0.667 bits per heavy atom. The Balaban J connectivity index is 3.54. The van der Waals surface area contributed by atoms with E-state index in [1.807, 2.05) is 0 Å². The van der Waals surface area contributed by atoms with Crippen molar-refractivity contribution >= 4 is 0 Å². The number of unbranched alkanes of at least 4 members (excludes halogenated alkanes) is 3. The fourth-order valence-corrected chi connectivity index (χ4v) is 3.02. The van der Waals surface area contributed by atoms with Gasteiger partial charge in [-0.05, 0) is 29.6 Å². The molecule has 0 amide bonds. The van der Waals surface area contributed by atoms with E-state index in [1.54, 1.807) is 0 Å². The van der Waals surface area contributed by atoms with E-state index in [0.29, 0.717) is 5.41 Å². The van der Waals surface area contributed by atoms with Gasteiger partial charge in [-0.1, -0.05) is 106 Å². The van der Waals surface area contributed by atoms with Crippen molar-refractivity contribution in [2.24, 2.45) is 23.2 Å². The maximum absolute atomic E-state index is 2.47.